The highest BCUT2D eigenvalue weighted by molar-refractivity contribution is 7.12. The first-order chi connectivity index (χ1) is 16.0. The summed E-state index contributed by atoms with van der Waals surface area (Å²) in [6.45, 7) is 8.12. The maximum atomic E-state index is 13.0. The van der Waals surface area contributed by atoms with Crippen molar-refractivity contribution < 1.29 is 14.7 Å². The molecule has 2 amide bonds. The Kier molecular flexibility index (Phi) is 6.93. The van der Waals surface area contributed by atoms with E-state index in [0.29, 0.717) is 36.6 Å². The molecule has 7 nitrogen and oxygen atoms in total. The minimum Gasteiger partial charge on any atom is -0.506 e. The smallest absolute Gasteiger partial charge is 0.264 e. The van der Waals surface area contributed by atoms with Gasteiger partial charge >= 0.3 is 0 Å². The van der Waals surface area contributed by atoms with Crippen molar-refractivity contribution in [3.8, 4) is 16.9 Å². The molecule has 0 saturated carbocycles. The number of hydrogen-bond donors (Lipinski definition) is 1. The van der Waals surface area contributed by atoms with E-state index in [-0.39, 0.29) is 17.6 Å². The Balaban J connectivity index is 1.36. The van der Waals surface area contributed by atoms with Crippen molar-refractivity contribution in [1.82, 2.24) is 14.8 Å². The Morgan fingerprint density at radius 1 is 1.00 bits per heavy atom. The van der Waals surface area contributed by atoms with Crippen molar-refractivity contribution in [3.63, 3.8) is 0 Å². The molecule has 2 aromatic heterocycles. The molecule has 1 aliphatic rings. The quantitative estimate of drug-likeness (QED) is 0.598. The molecule has 172 valence electrons. The summed E-state index contributed by atoms with van der Waals surface area (Å²) in [5.74, 6) is 0.186. The molecule has 1 aromatic carbocycles. The van der Waals surface area contributed by atoms with Gasteiger partial charge in [-0.25, -0.2) is 0 Å². The normalized spacial score (nSPS) is 13.8. The van der Waals surface area contributed by atoms with Gasteiger partial charge in [-0.15, -0.1) is 11.3 Å². The number of carbonyl (C=O) groups is 2. The first kappa shape index (κ1) is 22.8. The number of rotatable bonds is 6. The predicted molar refractivity (Wildman–Crippen MR) is 131 cm³/mol. The molecule has 3 heterocycles. The van der Waals surface area contributed by atoms with Gasteiger partial charge in [-0.3, -0.25) is 14.6 Å². The Labute approximate surface area is 197 Å². The summed E-state index contributed by atoms with van der Waals surface area (Å²) in [7, 11) is 0. The molecule has 3 aromatic rings. The zero-order valence-electron chi connectivity index (χ0n) is 18.9. The molecule has 0 aliphatic carbocycles. The lowest BCUT2D eigenvalue weighted by atomic mass is 10.1. The van der Waals surface area contributed by atoms with Crippen molar-refractivity contribution in [1.29, 1.82) is 0 Å². The van der Waals surface area contributed by atoms with Crippen LogP contribution in [0.15, 0.2) is 54.2 Å². The van der Waals surface area contributed by atoms with Crippen LogP contribution < -0.4 is 4.90 Å². The molecule has 0 bridgehead atoms. The van der Waals surface area contributed by atoms with Gasteiger partial charge in [0.25, 0.3) is 11.8 Å². The van der Waals surface area contributed by atoms with Crippen LogP contribution in [-0.4, -0.2) is 71.0 Å². The Morgan fingerprint density at radius 2 is 1.70 bits per heavy atom. The van der Waals surface area contributed by atoms with Crippen LogP contribution in [0.3, 0.4) is 0 Å². The zero-order valence-corrected chi connectivity index (χ0v) is 19.7. The third-order valence-corrected chi connectivity index (χ3v) is 6.88. The van der Waals surface area contributed by atoms with Gasteiger partial charge in [0.1, 0.15) is 5.75 Å². The van der Waals surface area contributed by atoms with E-state index in [9.17, 15) is 14.7 Å². The highest BCUT2D eigenvalue weighted by atomic mass is 32.1. The molecular formula is C25H28N4O3S. The summed E-state index contributed by atoms with van der Waals surface area (Å²) in [4.78, 5) is 36.1. The fourth-order valence-electron chi connectivity index (χ4n) is 4.02. The average Bonchev–Trinajstić information content (AvgIpc) is 3.35. The second-order valence-electron chi connectivity index (χ2n) is 7.94. The highest BCUT2D eigenvalue weighted by Crippen LogP contribution is 2.28. The molecule has 0 radical (unpaired) electrons. The molecule has 0 spiro atoms. The Bertz CT molecular complexity index is 1120. The van der Waals surface area contributed by atoms with E-state index < -0.39 is 0 Å². The number of nitrogens with zero attached hydrogens (tertiary/aromatic N) is 4. The van der Waals surface area contributed by atoms with Gasteiger partial charge in [-0.1, -0.05) is 0 Å². The van der Waals surface area contributed by atoms with Crippen LogP contribution in [0.4, 0.5) is 5.69 Å². The lowest BCUT2D eigenvalue weighted by molar-refractivity contribution is 0.0748. The van der Waals surface area contributed by atoms with Crippen LogP contribution >= 0.6 is 11.3 Å². The van der Waals surface area contributed by atoms with Crippen molar-refractivity contribution in [3.05, 3.63) is 64.6 Å². The van der Waals surface area contributed by atoms with Crippen molar-refractivity contribution in [2.45, 2.75) is 13.8 Å². The van der Waals surface area contributed by atoms with Crippen molar-refractivity contribution >= 4 is 28.8 Å². The first-order valence-corrected chi connectivity index (χ1v) is 12.0. The average molecular weight is 465 g/mol. The number of aromatic hydroxyl groups is 1. The van der Waals surface area contributed by atoms with E-state index in [1.165, 1.54) is 17.5 Å². The summed E-state index contributed by atoms with van der Waals surface area (Å²) in [5.41, 5.74) is 3.43. The molecule has 1 fully saturated rings. The van der Waals surface area contributed by atoms with Crippen molar-refractivity contribution in [2.75, 3.05) is 44.2 Å². The van der Waals surface area contributed by atoms with E-state index in [1.807, 2.05) is 59.4 Å². The fourth-order valence-corrected chi connectivity index (χ4v) is 4.90. The molecular weight excluding hydrogens is 436 g/mol. The molecule has 1 aliphatic heterocycles. The lowest BCUT2D eigenvalue weighted by Crippen LogP contribution is -2.48. The van der Waals surface area contributed by atoms with Crippen LogP contribution in [0.5, 0.6) is 5.75 Å². The number of hydrogen-bond acceptors (Lipinski definition) is 6. The minimum absolute atomic E-state index is 0.0270. The topological polar surface area (TPSA) is 77.0 Å². The largest absolute Gasteiger partial charge is 0.506 e. The van der Waals surface area contributed by atoms with Crippen LogP contribution in [-0.2, 0) is 0 Å². The first-order valence-electron chi connectivity index (χ1n) is 11.2. The second-order valence-corrected chi connectivity index (χ2v) is 8.85. The number of benzene rings is 1. The van der Waals surface area contributed by atoms with Crippen LogP contribution in [0.1, 0.15) is 33.9 Å². The fraction of sp³-hybridized carbons (Fsp3) is 0.320. The summed E-state index contributed by atoms with van der Waals surface area (Å²) in [5, 5.41) is 11.6. The highest BCUT2D eigenvalue weighted by Gasteiger charge is 2.24. The van der Waals surface area contributed by atoms with E-state index in [2.05, 4.69) is 9.88 Å². The molecule has 0 atom stereocenters. The third kappa shape index (κ3) is 5.01. The summed E-state index contributed by atoms with van der Waals surface area (Å²) in [6.07, 6.45) is 3.06. The third-order valence-electron chi connectivity index (χ3n) is 5.96. The zero-order chi connectivity index (χ0) is 23.4. The number of aromatic nitrogens is 1. The van der Waals surface area contributed by atoms with E-state index in [0.717, 1.165) is 29.9 Å². The van der Waals surface area contributed by atoms with Gasteiger partial charge in [0.05, 0.1) is 11.1 Å². The molecule has 0 unspecified atom stereocenters. The van der Waals surface area contributed by atoms with Gasteiger partial charge < -0.3 is 19.8 Å². The number of thiophene rings is 1. The van der Waals surface area contributed by atoms with Gasteiger partial charge in [-0.2, -0.15) is 0 Å². The predicted octanol–water partition coefficient (Wildman–Crippen LogP) is 3.96. The SMILES string of the molecule is CCN(CC)C(=O)c1ccc(N2CCN(C(=O)c3cc(-c4cncc(O)c4)cs3)CC2)cc1. The van der Waals surface area contributed by atoms with Gasteiger partial charge in [0, 0.05) is 62.3 Å². The maximum absolute atomic E-state index is 13.0. The Morgan fingerprint density at radius 3 is 2.33 bits per heavy atom. The Hall–Kier alpha value is -3.39. The molecule has 4 rings (SSSR count). The van der Waals surface area contributed by atoms with Crippen molar-refractivity contribution in [2.24, 2.45) is 0 Å². The summed E-state index contributed by atoms with van der Waals surface area (Å²) >= 11 is 1.41. The van der Waals surface area contributed by atoms with Crippen LogP contribution in [0.2, 0.25) is 0 Å². The van der Waals surface area contributed by atoms with Gasteiger partial charge in [-0.05, 0) is 61.2 Å². The standard InChI is InChI=1S/C25H28N4O3S/c1-3-27(4-2)24(31)18-5-7-21(8-6-18)28-9-11-29(12-10-28)25(32)23-14-20(17-33-23)19-13-22(30)16-26-15-19/h5-8,13-17,30H,3-4,9-12H2,1-2H3. The summed E-state index contributed by atoms with van der Waals surface area (Å²) in [6, 6.07) is 11.3. The molecule has 1 saturated heterocycles. The van der Waals surface area contributed by atoms with E-state index in [4.69, 9.17) is 0 Å². The van der Waals surface area contributed by atoms with Crippen LogP contribution in [0, 0.1) is 0 Å². The lowest BCUT2D eigenvalue weighted by Gasteiger charge is -2.36. The number of piperazine rings is 1. The number of anilines is 1. The van der Waals surface area contributed by atoms with Crippen LogP contribution in [0.25, 0.3) is 11.1 Å². The molecule has 33 heavy (non-hydrogen) atoms. The van der Waals surface area contributed by atoms with Gasteiger partial charge in [0.15, 0.2) is 0 Å². The maximum Gasteiger partial charge on any atom is 0.264 e. The number of carbonyl (C=O) groups excluding carboxylic acids is 2. The summed E-state index contributed by atoms with van der Waals surface area (Å²) < 4.78 is 0. The monoisotopic (exact) mass is 464 g/mol. The van der Waals surface area contributed by atoms with Gasteiger partial charge in [0.2, 0.25) is 0 Å². The minimum atomic E-state index is 0.0270. The van der Waals surface area contributed by atoms with E-state index in [1.54, 1.807) is 12.3 Å². The van der Waals surface area contributed by atoms with E-state index >= 15 is 0 Å². The number of pyridine rings is 1. The second kappa shape index (κ2) is 10.0. The molecule has 8 heteroatoms. The number of amides is 2. The molecule has 1 N–H and O–H groups in total.